The zero-order chi connectivity index (χ0) is 17.6. The van der Waals surface area contributed by atoms with E-state index in [1.54, 1.807) is 26.2 Å². The van der Waals surface area contributed by atoms with Crippen molar-refractivity contribution >= 4 is 0 Å². The molecule has 0 saturated carbocycles. The predicted molar refractivity (Wildman–Crippen MR) is 94.3 cm³/mol. The van der Waals surface area contributed by atoms with Crippen LogP contribution >= 0.6 is 0 Å². The van der Waals surface area contributed by atoms with Crippen molar-refractivity contribution < 1.29 is 9.13 Å². The highest BCUT2D eigenvalue weighted by Crippen LogP contribution is 2.32. The van der Waals surface area contributed by atoms with Crippen LogP contribution in [0.1, 0.15) is 39.0 Å². The van der Waals surface area contributed by atoms with Gasteiger partial charge in [0.15, 0.2) is 0 Å². The largest absolute Gasteiger partial charge is 0.494 e. The lowest BCUT2D eigenvalue weighted by atomic mass is 9.88. The molecule has 3 nitrogen and oxygen atoms in total. The summed E-state index contributed by atoms with van der Waals surface area (Å²) in [4.78, 5) is 4.70. The van der Waals surface area contributed by atoms with E-state index in [1.165, 1.54) is 6.07 Å². The molecule has 2 N–H and O–H groups in total. The maximum Gasteiger partial charge on any atom is 0.145 e. The van der Waals surface area contributed by atoms with E-state index in [4.69, 9.17) is 15.5 Å². The van der Waals surface area contributed by atoms with Crippen LogP contribution < -0.4 is 10.5 Å². The molecule has 0 aliphatic rings. The first-order valence-electron chi connectivity index (χ1n) is 7.91. The Morgan fingerprint density at radius 2 is 1.83 bits per heavy atom. The van der Waals surface area contributed by atoms with Gasteiger partial charge in [-0.3, -0.25) is 0 Å². The second-order valence-corrected chi connectivity index (χ2v) is 5.80. The SMILES string of the molecule is CC.COc1ccc(C(C)(C)CN)nc1-c1ccc(F)c(C)c1. The zero-order valence-corrected chi connectivity index (χ0v) is 14.9. The molecule has 2 rings (SSSR count). The molecule has 0 saturated heterocycles. The molecule has 0 aliphatic carbocycles. The van der Waals surface area contributed by atoms with E-state index in [0.717, 1.165) is 11.3 Å². The van der Waals surface area contributed by atoms with Gasteiger partial charge < -0.3 is 10.5 Å². The van der Waals surface area contributed by atoms with Gasteiger partial charge >= 0.3 is 0 Å². The van der Waals surface area contributed by atoms with Crippen LogP contribution in [0.15, 0.2) is 30.3 Å². The molecule has 0 bridgehead atoms. The smallest absolute Gasteiger partial charge is 0.145 e. The second-order valence-electron chi connectivity index (χ2n) is 5.80. The van der Waals surface area contributed by atoms with E-state index in [0.29, 0.717) is 23.6 Å². The average Bonchev–Trinajstić information content (AvgIpc) is 2.58. The average molecular weight is 318 g/mol. The molecular formula is C19H27FN2O. The molecule has 2 aromatic rings. The number of aryl methyl sites for hydroxylation is 1. The molecule has 0 spiro atoms. The van der Waals surface area contributed by atoms with E-state index in [-0.39, 0.29) is 11.2 Å². The fourth-order valence-corrected chi connectivity index (χ4v) is 2.09. The number of hydrogen-bond donors (Lipinski definition) is 1. The number of ether oxygens (including phenoxy) is 1. The summed E-state index contributed by atoms with van der Waals surface area (Å²) in [6, 6.07) is 8.75. The Morgan fingerprint density at radius 3 is 2.35 bits per heavy atom. The summed E-state index contributed by atoms with van der Waals surface area (Å²) in [5.41, 5.74) is 8.61. The maximum absolute atomic E-state index is 13.5. The van der Waals surface area contributed by atoms with Crippen LogP contribution in [0.5, 0.6) is 5.75 Å². The van der Waals surface area contributed by atoms with E-state index >= 15 is 0 Å². The molecule has 1 aromatic carbocycles. The van der Waals surface area contributed by atoms with Crippen LogP contribution in [-0.4, -0.2) is 18.6 Å². The monoisotopic (exact) mass is 318 g/mol. The third-order valence-corrected chi connectivity index (χ3v) is 3.71. The number of halogens is 1. The molecule has 0 atom stereocenters. The highest BCUT2D eigenvalue weighted by Gasteiger charge is 2.22. The highest BCUT2D eigenvalue weighted by molar-refractivity contribution is 5.67. The molecule has 0 aliphatic heterocycles. The number of nitrogens with zero attached hydrogens (tertiary/aromatic N) is 1. The van der Waals surface area contributed by atoms with Crippen molar-refractivity contribution in [2.45, 2.75) is 40.0 Å². The van der Waals surface area contributed by atoms with Gasteiger partial charge in [-0.15, -0.1) is 0 Å². The number of nitrogens with two attached hydrogens (primary N) is 1. The Hall–Kier alpha value is -1.94. The van der Waals surface area contributed by atoms with Crippen molar-refractivity contribution in [2.24, 2.45) is 5.73 Å². The number of pyridine rings is 1. The third-order valence-electron chi connectivity index (χ3n) is 3.71. The van der Waals surface area contributed by atoms with Crippen molar-refractivity contribution in [3.8, 4) is 17.0 Å². The first-order chi connectivity index (χ1) is 10.9. The second kappa shape index (κ2) is 8.06. The van der Waals surface area contributed by atoms with Gasteiger partial charge in [-0.25, -0.2) is 9.37 Å². The highest BCUT2D eigenvalue weighted by atomic mass is 19.1. The Labute approximate surface area is 138 Å². The minimum Gasteiger partial charge on any atom is -0.494 e. The standard InChI is InChI=1S/C17H21FN2O.C2H6/c1-11-9-12(5-6-13(11)18)16-14(21-4)7-8-15(20-16)17(2,3)10-19;1-2/h5-9H,10,19H2,1-4H3;1-2H3. The summed E-state index contributed by atoms with van der Waals surface area (Å²) < 4.78 is 18.8. The Bertz CT molecular complexity index is 654. The van der Waals surface area contributed by atoms with Crippen molar-refractivity contribution in [3.63, 3.8) is 0 Å². The van der Waals surface area contributed by atoms with Crippen molar-refractivity contribution in [3.05, 3.63) is 47.4 Å². The summed E-state index contributed by atoms with van der Waals surface area (Å²) in [5, 5.41) is 0. The van der Waals surface area contributed by atoms with Gasteiger partial charge in [0.1, 0.15) is 17.3 Å². The van der Waals surface area contributed by atoms with Gasteiger partial charge in [-0.1, -0.05) is 27.7 Å². The summed E-state index contributed by atoms with van der Waals surface area (Å²) in [5.74, 6) is 0.439. The molecule has 126 valence electrons. The lowest BCUT2D eigenvalue weighted by Gasteiger charge is -2.23. The fourth-order valence-electron chi connectivity index (χ4n) is 2.09. The summed E-state index contributed by atoms with van der Waals surface area (Å²) in [6.07, 6.45) is 0. The quantitative estimate of drug-likeness (QED) is 0.905. The number of hydrogen-bond acceptors (Lipinski definition) is 3. The van der Waals surface area contributed by atoms with Crippen molar-refractivity contribution in [1.82, 2.24) is 4.98 Å². The lowest BCUT2D eigenvalue weighted by Crippen LogP contribution is -2.29. The van der Waals surface area contributed by atoms with Crippen LogP contribution in [0.2, 0.25) is 0 Å². The van der Waals surface area contributed by atoms with Gasteiger partial charge in [-0.05, 0) is 42.8 Å². The molecule has 1 heterocycles. The molecule has 23 heavy (non-hydrogen) atoms. The summed E-state index contributed by atoms with van der Waals surface area (Å²) in [7, 11) is 1.60. The van der Waals surface area contributed by atoms with Gasteiger partial charge in [-0.2, -0.15) is 0 Å². The Balaban J connectivity index is 0.00000127. The first kappa shape index (κ1) is 19.1. The summed E-state index contributed by atoms with van der Waals surface area (Å²) in [6.45, 7) is 10.3. The normalized spacial score (nSPS) is 10.8. The van der Waals surface area contributed by atoms with Crippen LogP contribution in [0.25, 0.3) is 11.3 Å². The molecule has 0 amide bonds. The molecule has 1 aromatic heterocycles. The number of methoxy groups -OCH3 is 1. The third kappa shape index (κ3) is 4.29. The molecule has 0 fully saturated rings. The van der Waals surface area contributed by atoms with Crippen LogP contribution in [0.3, 0.4) is 0 Å². The minimum absolute atomic E-state index is 0.226. The van der Waals surface area contributed by atoms with E-state index < -0.39 is 0 Å². The Morgan fingerprint density at radius 1 is 1.17 bits per heavy atom. The zero-order valence-electron chi connectivity index (χ0n) is 14.9. The van der Waals surface area contributed by atoms with Crippen LogP contribution in [-0.2, 0) is 5.41 Å². The van der Waals surface area contributed by atoms with Crippen molar-refractivity contribution in [2.75, 3.05) is 13.7 Å². The van der Waals surface area contributed by atoms with Crippen LogP contribution in [0, 0.1) is 12.7 Å². The van der Waals surface area contributed by atoms with Gasteiger partial charge in [0.25, 0.3) is 0 Å². The molecule has 4 heteroatoms. The summed E-state index contributed by atoms with van der Waals surface area (Å²) >= 11 is 0. The first-order valence-corrected chi connectivity index (χ1v) is 7.91. The van der Waals surface area contributed by atoms with E-state index in [1.807, 2.05) is 39.8 Å². The van der Waals surface area contributed by atoms with E-state index in [9.17, 15) is 4.39 Å². The molecular weight excluding hydrogens is 291 g/mol. The van der Waals surface area contributed by atoms with Gasteiger partial charge in [0.05, 0.1) is 7.11 Å². The predicted octanol–water partition coefficient (Wildman–Crippen LogP) is 4.47. The fraction of sp³-hybridized carbons (Fsp3) is 0.421. The van der Waals surface area contributed by atoms with E-state index in [2.05, 4.69) is 0 Å². The minimum atomic E-state index is -0.226. The Kier molecular flexibility index (Phi) is 6.70. The van der Waals surface area contributed by atoms with Crippen LogP contribution in [0.4, 0.5) is 4.39 Å². The van der Waals surface area contributed by atoms with Gasteiger partial charge in [0, 0.05) is 23.2 Å². The van der Waals surface area contributed by atoms with Crippen molar-refractivity contribution in [1.29, 1.82) is 0 Å². The number of rotatable bonds is 4. The lowest BCUT2D eigenvalue weighted by molar-refractivity contribution is 0.413. The molecule has 0 unspecified atom stereocenters. The number of benzene rings is 1. The molecule has 0 radical (unpaired) electrons. The number of aromatic nitrogens is 1. The maximum atomic E-state index is 13.5. The van der Waals surface area contributed by atoms with Gasteiger partial charge in [0.2, 0.25) is 0 Å². The topological polar surface area (TPSA) is 48.1 Å².